The van der Waals surface area contributed by atoms with E-state index in [0.29, 0.717) is 0 Å². The number of para-hydroxylation sites is 2. The van der Waals surface area contributed by atoms with Crippen molar-refractivity contribution in [1.82, 2.24) is 0 Å². The molecule has 0 spiro atoms. The summed E-state index contributed by atoms with van der Waals surface area (Å²) in [6.45, 7) is 0. The Morgan fingerprint density at radius 1 is 1.33 bits per heavy atom. The van der Waals surface area contributed by atoms with Gasteiger partial charge in [0.25, 0.3) is 0 Å². The average molecular weight is 187 g/mol. The van der Waals surface area contributed by atoms with Gasteiger partial charge in [0.1, 0.15) is 5.75 Å². The van der Waals surface area contributed by atoms with Gasteiger partial charge in [0.05, 0.1) is 11.9 Å². The molecule has 2 N–H and O–H groups in total. The lowest BCUT2D eigenvalue weighted by atomic mass is 10.3. The molecular weight excluding hydrogens is 178 g/mol. The zero-order valence-electron chi connectivity index (χ0n) is 6.48. The molecule has 1 rings (SSSR count). The zero-order valence-corrected chi connectivity index (χ0v) is 7.30. The van der Waals surface area contributed by atoms with Gasteiger partial charge in [-0.05, 0) is 12.1 Å². The van der Waals surface area contributed by atoms with Crippen molar-refractivity contribution >= 4 is 15.7 Å². The van der Waals surface area contributed by atoms with Crippen molar-refractivity contribution in [2.45, 2.75) is 0 Å². The van der Waals surface area contributed by atoms with Crippen molar-refractivity contribution in [3.05, 3.63) is 24.3 Å². The molecule has 5 heteroatoms. The van der Waals surface area contributed by atoms with Crippen LogP contribution in [0.2, 0.25) is 0 Å². The summed E-state index contributed by atoms with van der Waals surface area (Å²) < 4.78 is 23.6. The summed E-state index contributed by atoms with van der Waals surface area (Å²) >= 11 is 0. The number of anilines is 1. The lowest BCUT2D eigenvalue weighted by Crippen LogP contribution is -2.09. The minimum atomic E-state index is -3.31. The summed E-state index contributed by atoms with van der Waals surface area (Å²) in [5.41, 5.74) is 0.194. The van der Waals surface area contributed by atoms with E-state index in [-0.39, 0.29) is 11.4 Å². The minimum absolute atomic E-state index is 0.0806. The van der Waals surface area contributed by atoms with Gasteiger partial charge in [-0.15, -0.1) is 0 Å². The topological polar surface area (TPSA) is 66.4 Å². The number of hydrogen-bond donors (Lipinski definition) is 2. The van der Waals surface area contributed by atoms with Gasteiger partial charge in [0, 0.05) is 0 Å². The third kappa shape index (κ3) is 2.43. The Labute approximate surface area is 70.9 Å². The van der Waals surface area contributed by atoms with Crippen LogP contribution in [0, 0.1) is 0 Å². The maximum atomic E-state index is 10.7. The normalized spacial score (nSPS) is 11.1. The third-order valence-electron chi connectivity index (χ3n) is 1.20. The number of sulfonamides is 1. The summed E-state index contributed by atoms with van der Waals surface area (Å²) in [7, 11) is -3.31. The van der Waals surface area contributed by atoms with Crippen molar-refractivity contribution in [3.63, 3.8) is 0 Å². The molecule has 1 aromatic carbocycles. The van der Waals surface area contributed by atoms with E-state index >= 15 is 0 Å². The van der Waals surface area contributed by atoms with Crippen molar-refractivity contribution in [2.24, 2.45) is 0 Å². The molecule has 0 aliphatic rings. The summed E-state index contributed by atoms with van der Waals surface area (Å²) in [5.74, 6) is -0.0806. The molecule has 66 valence electrons. The van der Waals surface area contributed by atoms with Crippen molar-refractivity contribution in [3.8, 4) is 5.75 Å². The van der Waals surface area contributed by atoms with Crippen LogP contribution in [0.1, 0.15) is 0 Å². The Morgan fingerprint density at radius 3 is 2.42 bits per heavy atom. The lowest BCUT2D eigenvalue weighted by Gasteiger charge is -2.04. The molecule has 0 heterocycles. The second-order valence-corrected chi connectivity index (χ2v) is 4.14. The fraction of sp³-hybridized carbons (Fsp3) is 0.143. The van der Waals surface area contributed by atoms with E-state index in [2.05, 4.69) is 4.72 Å². The standard InChI is InChI=1S/C7H9NO3S/c1-12(10,11)8-6-4-2-3-5-7(6)9/h2-5,8-9H,1H3. The molecule has 1 aromatic rings. The predicted octanol–water partition coefficient (Wildman–Crippen LogP) is 0.764. The summed E-state index contributed by atoms with van der Waals surface area (Å²) in [6, 6.07) is 6.14. The number of phenols is 1. The van der Waals surface area contributed by atoms with Crippen LogP contribution >= 0.6 is 0 Å². The van der Waals surface area contributed by atoms with Crippen LogP contribution < -0.4 is 4.72 Å². The lowest BCUT2D eigenvalue weighted by molar-refractivity contribution is 0.477. The largest absolute Gasteiger partial charge is 0.506 e. The van der Waals surface area contributed by atoms with Gasteiger partial charge in [-0.2, -0.15) is 0 Å². The summed E-state index contributed by atoms with van der Waals surface area (Å²) in [6.07, 6.45) is 1.03. The molecule has 0 unspecified atom stereocenters. The van der Waals surface area contributed by atoms with Crippen LogP contribution in [0.3, 0.4) is 0 Å². The third-order valence-corrected chi connectivity index (χ3v) is 1.79. The second-order valence-electron chi connectivity index (χ2n) is 2.39. The van der Waals surface area contributed by atoms with Gasteiger partial charge in [0.2, 0.25) is 10.0 Å². The van der Waals surface area contributed by atoms with Crippen LogP contribution in [-0.4, -0.2) is 19.8 Å². The predicted molar refractivity (Wildman–Crippen MR) is 46.6 cm³/mol. The molecular formula is C7H9NO3S. The Kier molecular flexibility index (Phi) is 2.23. The Hall–Kier alpha value is -1.23. The zero-order chi connectivity index (χ0) is 9.19. The maximum absolute atomic E-state index is 10.7. The number of nitrogens with one attached hydrogen (secondary N) is 1. The van der Waals surface area contributed by atoms with E-state index in [1.807, 2.05) is 0 Å². The Morgan fingerprint density at radius 2 is 1.92 bits per heavy atom. The highest BCUT2D eigenvalue weighted by Crippen LogP contribution is 2.21. The highest BCUT2D eigenvalue weighted by molar-refractivity contribution is 7.92. The van der Waals surface area contributed by atoms with Gasteiger partial charge >= 0.3 is 0 Å². The van der Waals surface area contributed by atoms with Gasteiger partial charge in [0.15, 0.2) is 0 Å². The van der Waals surface area contributed by atoms with Gasteiger partial charge in [-0.3, -0.25) is 4.72 Å². The monoisotopic (exact) mass is 187 g/mol. The van der Waals surface area contributed by atoms with Crippen LogP contribution in [-0.2, 0) is 10.0 Å². The first-order chi connectivity index (χ1) is 5.49. The first kappa shape index (κ1) is 8.86. The number of hydrogen-bond acceptors (Lipinski definition) is 3. The fourth-order valence-electron chi connectivity index (χ4n) is 0.760. The second kappa shape index (κ2) is 3.02. The van der Waals surface area contributed by atoms with E-state index in [1.165, 1.54) is 12.1 Å². The molecule has 0 bridgehead atoms. The molecule has 0 fully saturated rings. The van der Waals surface area contributed by atoms with Gasteiger partial charge in [-0.1, -0.05) is 12.1 Å². The van der Waals surface area contributed by atoms with Crippen LogP contribution in [0.5, 0.6) is 5.75 Å². The first-order valence-electron chi connectivity index (χ1n) is 3.25. The van der Waals surface area contributed by atoms with Crippen LogP contribution in [0.15, 0.2) is 24.3 Å². The highest BCUT2D eigenvalue weighted by Gasteiger charge is 2.04. The van der Waals surface area contributed by atoms with E-state index in [4.69, 9.17) is 5.11 Å². The maximum Gasteiger partial charge on any atom is 0.229 e. The first-order valence-corrected chi connectivity index (χ1v) is 5.14. The van der Waals surface area contributed by atoms with Gasteiger partial charge in [-0.25, -0.2) is 8.42 Å². The molecule has 0 atom stereocenters. The van der Waals surface area contributed by atoms with Crippen molar-refractivity contribution in [1.29, 1.82) is 0 Å². The molecule has 0 aliphatic heterocycles. The molecule has 12 heavy (non-hydrogen) atoms. The number of aromatic hydroxyl groups is 1. The molecule has 0 aromatic heterocycles. The summed E-state index contributed by atoms with van der Waals surface area (Å²) in [5, 5.41) is 9.15. The number of benzene rings is 1. The quantitative estimate of drug-likeness (QED) is 0.672. The van der Waals surface area contributed by atoms with Crippen LogP contribution in [0.25, 0.3) is 0 Å². The SMILES string of the molecule is CS(=O)(=O)Nc1ccccc1O. The van der Waals surface area contributed by atoms with E-state index in [9.17, 15) is 8.42 Å². The number of rotatable bonds is 2. The highest BCUT2D eigenvalue weighted by atomic mass is 32.2. The fourth-order valence-corrected chi connectivity index (χ4v) is 1.33. The van der Waals surface area contributed by atoms with E-state index in [0.717, 1.165) is 6.26 Å². The minimum Gasteiger partial charge on any atom is -0.506 e. The van der Waals surface area contributed by atoms with E-state index < -0.39 is 10.0 Å². The average Bonchev–Trinajstić information content (AvgIpc) is 1.91. The molecule has 4 nitrogen and oxygen atoms in total. The molecule has 0 amide bonds. The molecule has 0 aliphatic carbocycles. The van der Waals surface area contributed by atoms with Crippen molar-refractivity contribution in [2.75, 3.05) is 11.0 Å². The molecule has 0 radical (unpaired) electrons. The van der Waals surface area contributed by atoms with Crippen molar-refractivity contribution < 1.29 is 13.5 Å². The van der Waals surface area contributed by atoms with Crippen LogP contribution in [0.4, 0.5) is 5.69 Å². The van der Waals surface area contributed by atoms with Gasteiger partial charge < -0.3 is 5.11 Å². The Bertz CT molecular complexity index is 372. The van der Waals surface area contributed by atoms with E-state index in [1.54, 1.807) is 12.1 Å². The molecule has 0 saturated heterocycles. The summed E-state index contributed by atoms with van der Waals surface area (Å²) in [4.78, 5) is 0. The Balaban J connectivity index is 2.98. The molecule has 0 saturated carbocycles. The smallest absolute Gasteiger partial charge is 0.229 e. The number of phenolic OH excluding ortho intramolecular Hbond substituents is 1.